The number of urea groups is 1. The molecule has 1 fully saturated rings. The quantitative estimate of drug-likeness (QED) is 0.733. The standard InChI is InChI=1S/C15H18N4O2/c20-15(17-7-9-21-10-8-17)18-5-6-19-13-4-2-1-3-12(13)16-14(19)11-18/h1-4H,5-11H2. The average Bonchev–Trinajstić information content (AvgIpc) is 2.92. The number of morpholine rings is 1. The molecule has 0 aliphatic carbocycles. The van der Waals surface area contributed by atoms with E-state index < -0.39 is 0 Å². The molecule has 2 aliphatic rings. The normalized spacial score (nSPS) is 18.9. The molecule has 1 saturated heterocycles. The Hall–Kier alpha value is -2.08. The first-order valence-electron chi connectivity index (χ1n) is 7.39. The summed E-state index contributed by atoms with van der Waals surface area (Å²) in [5.41, 5.74) is 2.17. The number of carbonyl (C=O) groups excluding carboxylic acids is 1. The van der Waals surface area contributed by atoms with E-state index in [-0.39, 0.29) is 6.03 Å². The molecule has 4 rings (SSSR count). The number of amides is 2. The van der Waals surface area contributed by atoms with Gasteiger partial charge in [0, 0.05) is 26.2 Å². The Morgan fingerprint density at radius 1 is 1.05 bits per heavy atom. The number of para-hydroxylation sites is 2. The zero-order valence-electron chi connectivity index (χ0n) is 11.9. The molecule has 0 unspecified atom stereocenters. The van der Waals surface area contributed by atoms with Crippen molar-refractivity contribution >= 4 is 17.1 Å². The first-order valence-corrected chi connectivity index (χ1v) is 7.39. The molecule has 0 bridgehead atoms. The average molecular weight is 286 g/mol. The van der Waals surface area contributed by atoms with Crippen LogP contribution in [0, 0.1) is 0 Å². The highest BCUT2D eigenvalue weighted by Gasteiger charge is 2.27. The lowest BCUT2D eigenvalue weighted by molar-refractivity contribution is 0.0409. The Labute approximate surface area is 122 Å². The van der Waals surface area contributed by atoms with Crippen molar-refractivity contribution in [1.29, 1.82) is 0 Å². The molecule has 6 heteroatoms. The smallest absolute Gasteiger partial charge is 0.320 e. The fourth-order valence-corrected chi connectivity index (χ4v) is 3.08. The van der Waals surface area contributed by atoms with E-state index in [1.54, 1.807) is 0 Å². The minimum absolute atomic E-state index is 0.108. The molecule has 0 spiro atoms. The van der Waals surface area contributed by atoms with Crippen molar-refractivity contribution in [3.63, 3.8) is 0 Å². The maximum Gasteiger partial charge on any atom is 0.320 e. The van der Waals surface area contributed by atoms with Crippen molar-refractivity contribution in [2.24, 2.45) is 0 Å². The predicted molar refractivity (Wildman–Crippen MR) is 77.9 cm³/mol. The molecule has 2 amide bonds. The fraction of sp³-hybridized carbons (Fsp3) is 0.467. The number of hydrogen-bond acceptors (Lipinski definition) is 3. The number of aromatic nitrogens is 2. The minimum atomic E-state index is 0.108. The first-order chi connectivity index (χ1) is 10.3. The first kappa shape index (κ1) is 12.6. The SMILES string of the molecule is O=C(N1CCOCC1)N1CCn2c(nc3ccccc32)C1. The molecular formula is C15H18N4O2. The Kier molecular flexibility index (Phi) is 3.03. The molecule has 0 atom stereocenters. The maximum absolute atomic E-state index is 12.5. The van der Waals surface area contributed by atoms with Crippen LogP contribution in [0.3, 0.4) is 0 Å². The van der Waals surface area contributed by atoms with Gasteiger partial charge in [0.15, 0.2) is 0 Å². The Balaban J connectivity index is 1.57. The van der Waals surface area contributed by atoms with Gasteiger partial charge in [0.2, 0.25) is 0 Å². The Morgan fingerprint density at radius 3 is 2.71 bits per heavy atom. The molecule has 21 heavy (non-hydrogen) atoms. The summed E-state index contributed by atoms with van der Waals surface area (Å²) in [4.78, 5) is 21.0. The van der Waals surface area contributed by atoms with Gasteiger partial charge in [-0.2, -0.15) is 0 Å². The van der Waals surface area contributed by atoms with E-state index >= 15 is 0 Å². The van der Waals surface area contributed by atoms with Crippen LogP contribution in [0.2, 0.25) is 0 Å². The molecule has 2 aromatic rings. The van der Waals surface area contributed by atoms with E-state index in [1.807, 2.05) is 28.0 Å². The molecule has 2 aliphatic heterocycles. The zero-order chi connectivity index (χ0) is 14.2. The summed E-state index contributed by atoms with van der Waals surface area (Å²) in [5, 5.41) is 0. The molecular weight excluding hydrogens is 268 g/mol. The van der Waals surface area contributed by atoms with E-state index in [2.05, 4.69) is 15.6 Å². The number of imidazole rings is 1. The van der Waals surface area contributed by atoms with Crippen molar-refractivity contribution in [2.75, 3.05) is 32.8 Å². The van der Waals surface area contributed by atoms with E-state index in [1.165, 1.54) is 0 Å². The lowest BCUT2D eigenvalue weighted by Crippen LogP contribution is -2.50. The van der Waals surface area contributed by atoms with Gasteiger partial charge in [-0.3, -0.25) is 0 Å². The largest absolute Gasteiger partial charge is 0.378 e. The van der Waals surface area contributed by atoms with Crippen LogP contribution in [0.15, 0.2) is 24.3 Å². The summed E-state index contributed by atoms with van der Waals surface area (Å²) in [6.07, 6.45) is 0. The molecule has 1 aromatic heterocycles. The monoisotopic (exact) mass is 286 g/mol. The molecule has 110 valence electrons. The third-order valence-corrected chi connectivity index (χ3v) is 4.21. The third-order valence-electron chi connectivity index (χ3n) is 4.21. The van der Waals surface area contributed by atoms with Gasteiger partial charge in [0.25, 0.3) is 0 Å². The van der Waals surface area contributed by atoms with E-state index in [0.717, 1.165) is 29.9 Å². The highest BCUT2D eigenvalue weighted by molar-refractivity contribution is 5.77. The van der Waals surface area contributed by atoms with Gasteiger partial charge in [-0.05, 0) is 12.1 Å². The fourth-order valence-electron chi connectivity index (χ4n) is 3.08. The van der Waals surface area contributed by atoms with Crippen LogP contribution < -0.4 is 0 Å². The van der Waals surface area contributed by atoms with Crippen molar-refractivity contribution in [3.05, 3.63) is 30.1 Å². The van der Waals surface area contributed by atoms with E-state index in [9.17, 15) is 4.79 Å². The van der Waals surface area contributed by atoms with Crippen LogP contribution in [0.4, 0.5) is 4.79 Å². The second-order valence-electron chi connectivity index (χ2n) is 5.47. The molecule has 1 aromatic carbocycles. The van der Waals surface area contributed by atoms with Gasteiger partial charge in [-0.1, -0.05) is 12.1 Å². The van der Waals surface area contributed by atoms with Gasteiger partial charge in [0.05, 0.1) is 30.8 Å². The number of rotatable bonds is 0. The van der Waals surface area contributed by atoms with Crippen molar-refractivity contribution in [3.8, 4) is 0 Å². The van der Waals surface area contributed by atoms with Crippen LogP contribution in [0.25, 0.3) is 11.0 Å². The molecule has 0 radical (unpaired) electrons. The summed E-state index contributed by atoms with van der Waals surface area (Å²) >= 11 is 0. The predicted octanol–water partition coefficient (Wildman–Crippen LogP) is 1.30. The lowest BCUT2D eigenvalue weighted by Gasteiger charge is -2.35. The number of hydrogen-bond donors (Lipinski definition) is 0. The summed E-state index contributed by atoms with van der Waals surface area (Å²) < 4.78 is 7.53. The molecule has 0 saturated carbocycles. The highest BCUT2D eigenvalue weighted by atomic mass is 16.5. The van der Waals surface area contributed by atoms with E-state index in [0.29, 0.717) is 32.8 Å². The number of benzene rings is 1. The summed E-state index contributed by atoms with van der Waals surface area (Å²) in [5.74, 6) is 0.976. The molecule has 6 nitrogen and oxygen atoms in total. The summed E-state index contributed by atoms with van der Waals surface area (Å²) in [6, 6.07) is 8.25. The lowest BCUT2D eigenvalue weighted by atomic mass is 10.3. The van der Waals surface area contributed by atoms with Crippen LogP contribution in [0.5, 0.6) is 0 Å². The van der Waals surface area contributed by atoms with Crippen LogP contribution in [-0.4, -0.2) is 58.2 Å². The highest BCUT2D eigenvalue weighted by Crippen LogP contribution is 2.21. The van der Waals surface area contributed by atoms with Crippen LogP contribution in [-0.2, 0) is 17.8 Å². The second-order valence-corrected chi connectivity index (χ2v) is 5.47. The van der Waals surface area contributed by atoms with Gasteiger partial charge in [-0.15, -0.1) is 0 Å². The molecule has 3 heterocycles. The van der Waals surface area contributed by atoms with Gasteiger partial charge in [-0.25, -0.2) is 9.78 Å². The van der Waals surface area contributed by atoms with E-state index in [4.69, 9.17) is 4.74 Å². The maximum atomic E-state index is 12.5. The van der Waals surface area contributed by atoms with Gasteiger partial charge in [0.1, 0.15) is 5.82 Å². The van der Waals surface area contributed by atoms with Crippen molar-refractivity contribution in [2.45, 2.75) is 13.1 Å². The number of nitrogens with zero attached hydrogens (tertiary/aromatic N) is 4. The third kappa shape index (κ3) is 2.15. The number of fused-ring (bicyclic) bond motifs is 3. The summed E-state index contributed by atoms with van der Waals surface area (Å²) in [7, 11) is 0. The Bertz CT molecular complexity index is 675. The van der Waals surface area contributed by atoms with Gasteiger partial charge < -0.3 is 19.1 Å². The topological polar surface area (TPSA) is 50.6 Å². The number of ether oxygens (including phenoxy) is 1. The van der Waals surface area contributed by atoms with Crippen molar-refractivity contribution < 1.29 is 9.53 Å². The number of carbonyl (C=O) groups is 1. The Morgan fingerprint density at radius 2 is 1.86 bits per heavy atom. The molecule has 0 N–H and O–H groups in total. The van der Waals surface area contributed by atoms with Crippen molar-refractivity contribution in [1.82, 2.24) is 19.4 Å². The van der Waals surface area contributed by atoms with Crippen LogP contribution in [0.1, 0.15) is 5.82 Å². The zero-order valence-corrected chi connectivity index (χ0v) is 11.9. The van der Waals surface area contributed by atoms with Crippen LogP contribution >= 0.6 is 0 Å². The second kappa shape index (κ2) is 5.04. The minimum Gasteiger partial charge on any atom is -0.378 e. The van der Waals surface area contributed by atoms with Gasteiger partial charge >= 0.3 is 6.03 Å². The summed E-state index contributed by atoms with van der Waals surface area (Å²) in [6.45, 7) is 4.79.